The van der Waals surface area contributed by atoms with Gasteiger partial charge in [0.15, 0.2) is 13.0 Å². The van der Waals surface area contributed by atoms with E-state index in [2.05, 4.69) is 322 Å². The molecule has 2 spiro atoms. The summed E-state index contributed by atoms with van der Waals surface area (Å²) < 4.78 is 15.8. The Balaban J connectivity index is 0.660. The van der Waals surface area contributed by atoms with Crippen LogP contribution in [-0.4, -0.2) is 9.97 Å². The summed E-state index contributed by atoms with van der Waals surface area (Å²) in [4.78, 5) is 11.5. The average molecular weight is 1440 g/mol. The lowest BCUT2D eigenvalue weighted by atomic mass is 9.68. The van der Waals surface area contributed by atoms with E-state index in [1.165, 1.54) is 165 Å². The third kappa shape index (κ3) is 7.97. The fraction of sp³-hybridized carbons (Fsp3) is 0.0185. The minimum atomic E-state index is -3.24. The van der Waals surface area contributed by atoms with Crippen molar-refractivity contribution in [3.8, 4) is 112 Å². The van der Waals surface area contributed by atoms with Crippen molar-refractivity contribution in [2.24, 2.45) is 0 Å². The Morgan fingerprint density at radius 3 is 1.42 bits per heavy atom. The van der Waals surface area contributed by atoms with Gasteiger partial charge < -0.3 is 4.57 Å². The van der Waals surface area contributed by atoms with Gasteiger partial charge in [-0.1, -0.05) is 352 Å². The Bertz CT molecular complexity index is 7620. The fourth-order valence-corrected chi connectivity index (χ4v) is 24.2. The zero-order chi connectivity index (χ0) is 73.3. The highest BCUT2D eigenvalue weighted by Crippen LogP contribution is 2.69. The molecule has 0 aliphatic heterocycles. The summed E-state index contributed by atoms with van der Waals surface area (Å²) >= 11 is 0. The molecule has 112 heavy (non-hydrogen) atoms. The molecule has 2 unspecified atom stereocenters. The van der Waals surface area contributed by atoms with E-state index in [1.807, 2.05) is 60.7 Å². The zero-order valence-corrected chi connectivity index (χ0v) is 61.5. The van der Waals surface area contributed by atoms with Gasteiger partial charge in [-0.25, -0.2) is 9.97 Å². The minimum absolute atomic E-state index is 0.614. The number of rotatable bonds is 7. The number of hydrogen-bond donors (Lipinski definition) is 0. The van der Waals surface area contributed by atoms with Gasteiger partial charge in [-0.3, -0.25) is 0 Å². The quantitative estimate of drug-likeness (QED) is 0.118. The molecule has 4 heteroatoms. The Morgan fingerprint density at radius 1 is 0.223 bits per heavy atom. The van der Waals surface area contributed by atoms with E-state index in [9.17, 15) is 0 Å². The second-order valence-electron chi connectivity index (χ2n) is 31.0. The first-order valence-electron chi connectivity index (χ1n) is 38.9. The van der Waals surface area contributed by atoms with Gasteiger partial charge in [-0.15, -0.1) is 0 Å². The number of hydrogen-bond acceptors (Lipinski definition) is 3. The maximum atomic E-state index is 15.8. The maximum Gasteiger partial charge on any atom is 0.171 e. The molecule has 5 aliphatic carbocycles. The van der Waals surface area contributed by atoms with Crippen molar-refractivity contribution in [2.75, 3.05) is 0 Å². The van der Waals surface area contributed by atoms with Gasteiger partial charge >= 0.3 is 0 Å². The van der Waals surface area contributed by atoms with Crippen LogP contribution in [0, 0.1) is 0 Å². The van der Waals surface area contributed by atoms with E-state index < -0.39 is 18.0 Å². The van der Waals surface area contributed by atoms with Crippen LogP contribution >= 0.6 is 7.14 Å². The molecule has 0 saturated heterocycles. The second-order valence-corrected chi connectivity index (χ2v) is 33.7. The average Bonchev–Trinajstić information content (AvgIpc) is 1.49. The molecule has 19 aromatic carbocycles. The number of fused-ring (bicyclic) bond motifs is 32. The van der Waals surface area contributed by atoms with E-state index in [4.69, 9.17) is 9.97 Å². The second kappa shape index (κ2) is 22.8. The van der Waals surface area contributed by atoms with Crippen LogP contribution in [0.3, 0.4) is 0 Å². The third-order valence-electron chi connectivity index (χ3n) is 25.9. The highest BCUT2D eigenvalue weighted by atomic mass is 31.2. The van der Waals surface area contributed by atoms with Crippen LogP contribution in [-0.2, 0) is 15.4 Å². The van der Waals surface area contributed by atoms with Gasteiger partial charge in [0.25, 0.3) is 0 Å². The van der Waals surface area contributed by atoms with Gasteiger partial charge in [-0.2, -0.15) is 0 Å². The maximum absolute atomic E-state index is 15.8. The van der Waals surface area contributed by atoms with Crippen LogP contribution in [0.1, 0.15) is 44.5 Å². The zero-order valence-electron chi connectivity index (χ0n) is 60.6. The largest absolute Gasteiger partial charge is 0.309 e. The Hall–Kier alpha value is -14.0. The minimum Gasteiger partial charge on any atom is -0.309 e. The third-order valence-corrected chi connectivity index (χ3v) is 29.0. The predicted molar refractivity (Wildman–Crippen MR) is 465 cm³/mol. The fourth-order valence-electron chi connectivity index (χ4n) is 21.5. The highest BCUT2D eigenvalue weighted by Gasteiger charge is 2.55. The van der Waals surface area contributed by atoms with Crippen molar-refractivity contribution in [3.05, 3.63) is 427 Å². The van der Waals surface area contributed by atoms with Crippen molar-refractivity contribution in [1.82, 2.24) is 9.97 Å². The standard InChI is InChI=1S/C108H63N2OP/c111-112(67-27-3-1-4-28-67,68-29-5-2-6-30-68)69-56-54-65(55-57-69)70-42-24-44-81-77-36-13-19-47-93(77)108(104(70)81)95-49-21-16-40-83(95)100-85-59-58-80(102-79-38-12-11-35-76(79)91(103(85)102)63-98(100)108)75-43-23-26-64-52-53-66(60-87(64)75)105-84-41-17-22-51-99(84)109-106(110-105)86-45-25-50-96-101(86)82-39-15-20-48-94(82)107(96)92-46-18-14-37-78(92)90-61-88-73-33-9-7-31-71(73)72-32-8-10-34-74(72)89(88)62-97(90)107/h1-63H. The van der Waals surface area contributed by atoms with Gasteiger partial charge in [0.2, 0.25) is 0 Å². The van der Waals surface area contributed by atoms with E-state index in [1.54, 1.807) is 0 Å². The van der Waals surface area contributed by atoms with Crippen molar-refractivity contribution in [3.63, 3.8) is 0 Å². The summed E-state index contributed by atoms with van der Waals surface area (Å²) in [6, 6.07) is 141. The molecule has 0 radical (unpaired) electrons. The number of aromatic nitrogens is 2. The summed E-state index contributed by atoms with van der Waals surface area (Å²) in [7, 11) is -3.24. The summed E-state index contributed by atoms with van der Waals surface area (Å²) in [5.41, 5.74) is 32.3. The molecule has 5 aliphatic rings. The summed E-state index contributed by atoms with van der Waals surface area (Å²) in [6.45, 7) is 0. The lowest BCUT2D eigenvalue weighted by Crippen LogP contribution is -2.27. The number of benzene rings is 19. The molecular weight excluding hydrogens is 1370 g/mol. The van der Waals surface area contributed by atoms with Crippen molar-refractivity contribution in [2.45, 2.75) is 10.8 Å². The first kappa shape index (κ1) is 62.0. The molecule has 0 saturated carbocycles. The van der Waals surface area contributed by atoms with Crippen molar-refractivity contribution in [1.29, 1.82) is 0 Å². The van der Waals surface area contributed by atoms with Crippen LogP contribution in [0.4, 0.5) is 0 Å². The van der Waals surface area contributed by atoms with Crippen LogP contribution in [0.2, 0.25) is 0 Å². The number of nitrogens with zero attached hydrogens (tertiary/aromatic N) is 2. The van der Waals surface area contributed by atoms with Crippen molar-refractivity contribution >= 4 is 87.8 Å². The van der Waals surface area contributed by atoms with Gasteiger partial charge in [0.1, 0.15) is 0 Å². The summed E-state index contributed by atoms with van der Waals surface area (Å²) in [5, 5.41) is 15.9. The normalized spacial score (nSPS) is 15.4. The van der Waals surface area contributed by atoms with Crippen LogP contribution in [0.15, 0.2) is 382 Å². The molecule has 1 heterocycles. The highest BCUT2D eigenvalue weighted by molar-refractivity contribution is 7.85. The Kier molecular flexibility index (Phi) is 12.6. The van der Waals surface area contributed by atoms with Gasteiger partial charge in [0.05, 0.1) is 22.0 Å². The molecule has 25 rings (SSSR count). The lowest BCUT2D eigenvalue weighted by Gasteiger charge is -2.32. The Morgan fingerprint density at radius 2 is 0.714 bits per heavy atom. The van der Waals surface area contributed by atoms with Gasteiger partial charge in [-0.05, 0) is 218 Å². The predicted octanol–water partition coefficient (Wildman–Crippen LogP) is 26.0. The first-order chi connectivity index (χ1) is 55.5. The summed E-state index contributed by atoms with van der Waals surface area (Å²) in [6.07, 6.45) is 0. The lowest BCUT2D eigenvalue weighted by molar-refractivity contribution is 0.592. The molecule has 0 fully saturated rings. The molecule has 1 aromatic heterocycles. The van der Waals surface area contributed by atoms with Crippen LogP contribution in [0.5, 0.6) is 0 Å². The number of para-hydroxylation sites is 1. The SMILES string of the molecule is O=P(c1ccccc1)(c1ccccc1)c1ccc(-c2cccc3c2C2(c4ccccc4-3)c3ccccc3-c3c2cc2c4c(c(-c5cccc6ccc(-c7nc(-c8cccc9c8-c8ccccc8C98c9ccccc9-c9cc%10c%11ccccc%11c%11ccccc%11c%10cc98)nc8ccccc78)cc56)ccc34)-c3ccccc3-2)cc1. The van der Waals surface area contributed by atoms with Crippen LogP contribution in [0.25, 0.3) is 176 Å². The molecule has 516 valence electrons. The van der Waals surface area contributed by atoms with E-state index in [0.717, 1.165) is 65.5 Å². The summed E-state index contributed by atoms with van der Waals surface area (Å²) in [5.74, 6) is 0.696. The van der Waals surface area contributed by atoms with E-state index >= 15 is 4.57 Å². The first-order valence-corrected chi connectivity index (χ1v) is 40.6. The monoisotopic (exact) mass is 1430 g/mol. The smallest absolute Gasteiger partial charge is 0.171 e. The van der Waals surface area contributed by atoms with Crippen molar-refractivity contribution < 1.29 is 4.57 Å². The topological polar surface area (TPSA) is 42.9 Å². The molecular formula is C108H63N2OP. The molecule has 20 aromatic rings. The van der Waals surface area contributed by atoms with Gasteiger partial charge in [0, 0.05) is 32.4 Å². The van der Waals surface area contributed by atoms with E-state index in [-0.39, 0.29) is 0 Å². The molecule has 0 amide bonds. The molecule has 3 nitrogen and oxygen atoms in total. The molecule has 0 bridgehead atoms. The van der Waals surface area contributed by atoms with Crippen LogP contribution < -0.4 is 15.9 Å². The molecule has 0 N–H and O–H groups in total. The molecule has 2 atom stereocenters. The van der Waals surface area contributed by atoms with E-state index in [0.29, 0.717) is 5.82 Å². The Labute approximate surface area is 647 Å².